The summed E-state index contributed by atoms with van der Waals surface area (Å²) in [5, 5.41) is 0. The number of hydrogen-bond acceptors (Lipinski definition) is 4. The fourth-order valence-electron chi connectivity index (χ4n) is 2.22. The van der Waals surface area contributed by atoms with Gasteiger partial charge in [-0.2, -0.15) is 0 Å². The molecule has 0 bridgehead atoms. The van der Waals surface area contributed by atoms with Gasteiger partial charge in [-0.05, 0) is 6.07 Å². The molecule has 0 fully saturated rings. The Hall–Kier alpha value is -2.63. The molecule has 0 atom stereocenters. The van der Waals surface area contributed by atoms with Gasteiger partial charge in [-0.25, -0.2) is 9.37 Å². The number of ether oxygens (including phenoxy) is 2. The molecule has 1 aromatic carbocycles. The summed E-state index contributed by atoms with van der Waals surface area (Å²) in [5.41, 5.74) is 2.16. The minimum Gasteiger partial charge on any atom is -0.486 e. The van der Waals surface area contributed by atoms with Crippen molar-refractivity contribution in [2.75, 3.05) is 13.2 Å². The fraction of sp³-hybridized carbons (Fsp3) is 0.143. The van der Waals surface area contributed by atoms with Crippen LogP contribution >= 0.6 is 0 Å². The van der Waals surface area contributed by atoms with Gasteiger partial charge in [-0.3, -0.25) is 4.98 Å². The Morgan fingerprint density at radius 3 is 2.65 bits per heavy atom. The summed E-state index contributed by atoms with van der Waals surface area (Å²) in [4.78, 5) is 11.4. The van der Waals surface area contributed by atoms with Gasteiger partial charge in [0.05, 0.1) is 17.2 Å². The predicted molar refractivity (Wildman–Crippen MR) is 70.3 cm³/mol. The number of fused-ring (bicyclic) bond motifs is 2. The van der Waals surface area contributed by atoms with E-state index in [1.807, 2.05) is 12.1 Å². The second-order valence-corrected chi connectivity index (χ2v) is 4.49. The van der Waals surface area contributed by atoms with Crippen LogP contribution in [0.4, 0.5) is 4.39 Å². The highest BCUT2D eigenvalue weighted by atomic mass is 19.1. The second kappa shape index (κ2) is 4.19. The molecule has 3 aromatic rings. The third kappa shape index (κ3) is 1.77. The molecule has 1 aliphatic heterocycles. The van der Waals surface area contributed by atoms with E-state index in [1.54, 1.807) is 6.20 Å². The molecule has 2 aromatic heterocycles. The maximum Gasteiger partial charge on any atom is 0.163 e. The van der Waals surface area contributed by atoms with Crippen LogP contribution in [0.15, 0.2) is 30.6 Å². The van der Waals surface area contributed by atoms with Crippen molar-refractivity contribution in [1.29, 1.82) is 0 Å². The number of nitrogens with zero attached hydrogens (tertiary/aromatic N) is 2. The van der Waals surface area contributed by atoms with Crippen LogP contribution in [-0.2, 0) is 0 Å². The molecule has 0 spiro atoms. The Labute approximate surface area is 113 Å². The summed E-state index contributed by atoms with van der Waals surface area (Å²) >= 11 is 0. The highest BCUT2D eigenvalue weighted by Gasteiger charge is 2.15. The van der Waals surface area contributed by atoms with Crippen LogP contribution in [0.5, 0.6) is 11.5 Å². The monoisotopic (exact) mass is 271 g/mol. The molecular formula is C14H10FN3O2. The topological polar surface area (TPSA) is 60.0 Å². The van der Waals surface area contributed by atoms with Gasteiger partial charge in [0, 0.05) is 23.9 Å². The second-order valence-electron chi connectivity index (χ2n) is 4.49. The number of nitrogens with one attached hydrogen (secondary N) is 1. The Balaban J connectivity index is 1.86. The third-order valence-corrected chi connectivity index (χ3v) is 3.12. The molecule has 0 radical (unpaired) electrons. The standard InChI is InChI=1S/C14H10FN3O2/c15-9-3-8(6-16-7-9)14-17-10-4-12-13(5-11(10)18-14)20-2-1-19-12/h3-7H,1-2H2,(H,17,18). The zero-order valence-electron chi connectivity index (χ0n) is 10.4. The number of benzene rings is 1. The minimum atomic E-state index is -0.395. The van der Waals surface area contributed by atoms with E-state index in [4.69, 9.17) is 9.47 Å². The molecule has 20 heavy (non-hydrogen) atoms. The zero-order valence-corrected chi connectivity index (χ0v) is 10.4. The van der Waals surface area contributed by atoms with Crippen LogP contribution in [0.2, 0.25) is 0 Å². The Bertz CT molecular complexity index is 757. The van der Waals surface area contributed by atoms with Crippen molar-refractivity contribution < 1.29 is 13.9 Å². The lowest BCUT2D eigenvalue weighted by Gasteiger charge is -2.17. The normalized spacial score (nSPS) is 13.7. The number of rotatable bonds is 1. The number of aromatic amines is 1. The smallest absolute Gasteiger partial charge is 0.163 e. The van der Waals surface area contributed by atoms with Crippen LogP contribution < -0.4 is 9.47 Å². The molecule has 100 valence electrons. The van der Waals surface area contributed by atoms with E-state index in [2.05, 4.69) is 15.0 Å². The first-order valence-corrected chi connectivity index (χ1v) is 6.20. The van der Waals surface area contributed by atoms with E-state index in [0.29, 0.717) is 36.1 Å². The van der Waals surface area contributed by atoms with E-state index in [0.717, 1.165) is 17.2 Å². The van der Waals surface area contributed by atoms with E-state index < -0.39 is 5.82 Å². The molecule has 1 N–H and O–H groups in total. The molecule has 0 aliphatic carbocycles. The van der Waals surface area contributed by atoms with Crippen LogP contribution in [-0.4, -0.2) is 28.2 Å². The Morgan fingerprint density at radius 1 is 1.05 bits per heavy atom. The summed E-state index contributed by atoms with van der Waals surface area (Å²) in [5.74, 6) is 1.54. The Morgan fingerprint density at radius 2 is 1.85 bits per heavy atom. The SMILES string of the molecule is Fc1cncc(-c2nc3cc4c(cc3[nH]2)OCCO4)c1. The van der Waals surface area contributed by atoms with Crippen molar-refractivity contribution in [2.24, 2.45) is 0 Å². The van der Waals surface area contributed by atoms with Gasteiger partial charge in [0.15, 0.2) is 11.5 Å². The van der Waals surface area contributed by atoms with Crippen LogP contribution in [0.1, 0.15) is 0 Å². The van der Waals surface area contributed by atoms with Crippen molar-refractivity contribution in [3.05, 3.63) is 36.4 Å². The van der Waals surface area contributed by atoms with Crippen molar-refractivity contribution in [3.63, 3.8) is 0 Å². The number of imidazole rings is 1. The highest BCUT2D eigenvalue weighted by molar-refractivity contribution is 5.83. The first-order chi connectivity index (χ1) is 9.79. The fourth-order valence-corrected chi connectivity index (χ4v) is 2.22. The molecular weight excluding hydrogens is 261 g/mol. The van der Waals surface area contributed by atoms with Crippen LogP contribution in [0.25, 0.3) is 22.4 Å². The number of aromatic nitrogens is 3. The lowest BCUT2D eigenvalue weighted by molar-refractivity contribution is 0.172. The van der Waals surface area contributed by atoms with Crippen molar-refractivity contribution >= 4 is 11.0 Å². The molecule has 0 amide bonds. The third-order valence-electron chi connectivity index (χ3n) is 3.12. The quantitative estimate of drug-likeness (QED) is 0.739. The summed E-state index contributed by atoms with van der Waals surface area (Å²) in [6.07, 6.45) is 2.72. The summed E-state index contributed by atoms with van der Waals surface area (Å²) in [6.45, 7) is 1.07. The van der Waals surface area contributed by atoms with Gasteiger partial charge >= 0.3 is 0 Å². The van der Waals surface area contributed by atoms with E-state index in [9.17, 15) is 4.39 Å². The van der Waals surface area contributed by atoms with Crippen LogP contribution in [0.3, 0.4) is 0 Å². The highest BCUT2D eigenvalue weighted by Crippen LogP contribution is 2.34. The van der Waals surface area contributed by atoms with Gasteiger partial charge in [0.25, 0.3) is 0 Å². The maximum atomic E-state index is 13.2. The lowest BCUT2D eigenvalue weighted by atomic mass is 10.2. The van der Waals surface area contributed by atoms with Gasteiger partial charge in [0.2, 0.25) is 0 Å². The zero-order chi connectivity index (χ0) is 13.5. The number of H-pyrrole nitrogens is 1. The average molecular weight is 271 g/mol. The molecule has 1 aliphatic rings. The van der Waals surface area contributed by atoms with E-state index in [-0.39, 0.29) is 0 Å². The first kappa shape index (κ1) is 11.2. The number of pyridine rings is 1. The molecule has 0 saturated heterocycles. The Kier molecular flexibility index (Phi) is 2.35. The van der Waals surface area contributed by atoms with E-state index >= 15 is 0 Å². The largest absolute Gasteiger partial charge is 0.486 e. The van der Waals surface area contributed by atoms with Crippen LogP contribution in [0, 0.1) is 5.82 Å². The van der Waals surface area contributed by atoms with Crippen molar-refractivity contribution in [2.45, 2.75) is 0 Å². The van der Waals surface area contributed by atoms with Gasteiger partial charge in [-0.15, -0.1) is 0 Å². The molecule has 5 nitrogen and oxygen atoms in total. The molecule has 4 rings (SSSR count). The van der Waals surface area contributed by atoms with Crippen molar-refractivity contribution in [3.8, 4) is 22.9 Å². The molecule has 6 heteroatoms. The maximum absolute atomic E-state index is 13.2. The summed E-state index contributed by atoms with van der Waals surface area (Å²) in [6, 6.07) is 5.04. The summed E-state index contributed by atoms with van der Waals surface area (Å²) < 4.78 is 24.2. The predicted octanol–water partition coefficient (Wildman–Crippen LogP) is 2.54. The number of hydrogen-bond donors (Lipinski definition) is 1. The van der Waals surface area contributed by atoms with E-state index in [1.165, 1.54) is 6.07 Å². The lowest BCUT2D eigenvalue weighted by Crippen LogP contribution is -2.15. The van der Waals surface area contributed by atoms with Gasteiger partial charge in [0.1, 0.15) is 24.9 Å². The minimum absolute atomic E-state index is 0.395. The average Bonchev–Trinajstić information content (AvgIpc) is 2.87. The number of halogens is 1. The van der Waals surface area contributed by atoms with Crippen molar-refractivity contribution in [1.82, 2.24) is 15.0 Å². The molecule has 3 heterocycles. The summed E-state index contributed by atoms with van der Waals surface area (Å²) in [7, 11) is 0. The molecule has 0 saturated carbocycles. The molecule has 0 unspecified atom stereocenters. The first-order valence-electron chi connectivity index (χ1n) is 6.20. The van der Waals surface area contributed by atoms with Gasteiger partial charge in [-0.1, -0.05) is 0 Å². The van der Waals surface area contributed by atoms with Gasteiger partial charge < -0.3 is 14.5 Å².